The van der Waals surface area contributed by atoms with Gasteiger partial charge in [-0.2, -0.15) is 0 Å². The average molecular weight is 198 g/mol. The van der Waals surface area contributed by atoms with Gasteiger partial charge in [-0.25, -0.2) is 0 Å². The number of rotatable bonds is 4. The minimum atomic E-state index is -0.579. The van der Waals surface area contributed by atoms with Crippen LogP contribution in [-0.2, 0) is 6.42 Å². The van der Waals surface area contributed by atoms with Crippen LogP contribution in [0.5, 0.6) is 0 Å². The monoisotopic (exact) mass is 198 g/mol. The number of hydrogen-bond donors (Lipinski definition) is 0. The van der Waals surface area contributed by atoms with Crippen molar-refractivity contribution < 1.29 is 8.78 Å². The van der Waals surface area contributed by atoms with E-state index in [1.54, 1.807) is 0 Å². The Bertz CT molecular complexity index is 290. The third-order valence-electron chi connectivity index (χ3n) is 2.45. The highest BCUT2D eigenvalue weighted by Gasteiger charge is 2.10. The lowest BCUT2D eigenvalue weighted by Crippen LogP contribution is -2.10. The summed E-state index contributed by atoms with van der Waals surface area (Å²) in [6.07, 6.45) is 0.501. The fourth-order valence-electron chi connectivity index (χ4n) is 1.48. The first kappa shape index (κ1) is 11.2. The van der Waals surface area contributed by atoms with Gasteiger partial charge in [-0.15, -0.1) is 0 Å². The molecule has 0 saturated carbocycles. The molecule has 0 bridgehead atoms. The molecule has 0 unspecified atom stereocenters. The number of halogens is 2. The van der Waals surface area contributed by atoms with E-state index in [0.717, 1.165) is 16.7 Å². The number of benzene rings is 1. The summed E-state index contributed by atoms with van der Waals surface area (Å²) in [5.74, 6) is -0.476. The van der Waals surface area contributed by atoms with Gasteiger partial charge in [0.15, 0.2) is 0 Å². The van der Waals surface area contributed by atoms with E-state index in [1.807, 2.05) is 32.0 Å². The van der Waals surface area contributed by atoms with Crippen LogP contribution in [0.3, 0.4) is 0 Å². The van der Waals surface area contributed by atoms with Crippen LogP contribution >= 0.6 is 0 Å². The molecule has 0 radical (unpaired) electrons. The van der Waals surface area contributed by atoms with E-state index in [1.165, 1.54) is 0 Å². The summed E-state index contributed by atoms with van der Waals surface area (Å²) in [4.78, 5) is 0. The third kappa shape index (κ3) is 2.79. The molecule has 0 fully saturated rings. The van der Waals surface area contributed by atoms with Crippen LogP contribution in [0.25, 0.3) is 0 Å². The Morgan fingerprint density at radius 2 is 1.79 bits per heavy atom. The number of hydrogen-bond acceptors (Lipinski definition) is 0. The molecule has 0 spiro atoms. The molecule has 1 rings (SSSR count). The fraction of sp³-hybridized carbons (Fsp3) is 0.500. The second-order valence-electron chi connectivity index (χ2n) is 3.81. The van der Waals surface area contributed by atoms with E-state index in [2.05, 4.69) is 0 Å². The van der Waals surface area contributed by atoms with Crippen molar-refractivity contribution in [1.82, 2.24) is 0 Å². The highest BCUT2D eigenvalue weighted by molar-refractivity contribution is 5.30. The zero-order valence-electron chi connectivity index (χ0n) is 8.69. The third-order valence-corrected chi connectivity index (χ3v) is 2.45. The van der Waals surface area contributed by atoms with E-state index in [0.29, 0.717) is 6.42 Å². The Morgan fingerprint density at radius 1 is 1.14 bits per heavy atom. The SMILES string of the molecule is Cc1ccc(C)c(CC(CF)CF)c1. The van der Waals surface area contributed by atoms with Gasteiger partial charge in [0, 0.05) is 5.92 Å². The van der Waals surface area contributed by atoms with Crippen LogP contribution in [0.2, 0.25) is 0 Å². The van der Waals surface area contributed by atoms with Gasteiger partial charge in [-0.3, -0.25) is 8.78 Å². The summed E-state index contributed by atoms with van der Waals surface area (Å²) in [5, 5.41) is 0. The lowest BCUT2D eigenvalue weighted by Gasteiger charge is -2.11. The quantitative estimate of drug-likeness (QED) is 0.695. The van der Waals surface area contributed by atoms with E-state index in [4.69, 9.17) is 0 Å². The molecule has 0 atom stereocenters. The van der Waals surface area contributed by atoms with Crippen LogP contribution in [0, 0.1) is 19.8 Å². The van der Waals surface area contributed by atoms with Crippen molar-refractivity contribution in [2.24, 2.45) is 5.92 Å². The number of aryl methyl sites for hydroxylation is 2. The van der Waals surface area contributed by atoms with Crippen LogP contribution in [-0.4, -0.2) is 13.3 Å². The topological polar surface area (TPSA) is 0 Å². The Kier molecular flexibility index (Phi) is 4.05. The first-order valence-electron chi connectivity index (χ1n) is 4.85. The molecule has 0 aliphatic rings. The van der Waals surface area contributed by atoms with Crippen LogP contribution < -0.4 is 0 Å². The van der Waals surface area contributed by atoms with Crippen molar-refractivity contribution >= 4 is 0 Å². The Labute approximate surface area is 84.0 Å². The molecule has 14 heavy (non-hydrogen) atoms. The molecule has 78 valence electrons. The molecule has 0 heterocycles. The molecule has 0 amide bonds. The molecular formula is C12H16F2. The summed E-state index contributed by atoms with van der Waals surface area (Å²) >= 11 is 0. The van der Waals surface area contributed by atoms with Gasteiger partial charge in [0.1, 0.15) is 0 Å². The lowest BCUT2D eigenvalue weighted by atomic mass is 9.96. The molecule has 0 aliphatic heterocycles. The standard InChI is InChI=1S/C12H16F2/c1-9-3-4-10(2)12(5-9)6-11(7-13)8-14/h3-5,11H,6-8H2,1-2H3. The molecular weight excluding hydrogens is 182 g/mol. The van der Waals surface area contributed by atoms with E-state index in [-0.39, 0.29) is 0 Å². The second-order valence-corrected chi connectivity index (χ2v) is 3.81. The number of alkyl halides is 2. The zero-order chi connectivity index (χ0) is 10.6. The Balaban J connectivity index is 2.79. The van der Waals surface area contributed by atoms with Crippen molar-refractivity contribution in [2.45, 2.75) is 20.3 Å². The average Bonchev–Trinajstić information content (AvgIpc) is 2.19. The van der Waals surface area contributed by atoms with Gasteiger partial charge in [-0.1, -0.05) is 23.8 Å². The van der Waals surface area contributed by atoms with Crippen molar-refractivity contribution in [3.63, 3.8) is 0 Å². The van der Waals surface area contributed by atoms with Gasteiger partial charge in [-0.05, 0) is 31.4 Å². The van der Waals surface area contributed by atoms with Gasteiger partial charge in [0.2, 0.25) is 0 Å². The molecule has 2 heteroatoms. The maximum absolute atomic E-state index is 12.3. The molecule has 0 nitrogen and oxygen atoms in total. The largest absolute Gasteiger partial charge is 0.251 e. The van der Waals surface area contributed by atoms with Crippen LogP contribution in [0.4, 0.5) is 8.78 Å². The molecule has 0 aliphatic carbocycles. The Morgan fingerprint density at radius 3 is 2.36 bits per heavy atom. The summed E-state index contributed by atoms with van der Waals surface area (Å²) in [6.45, 7) is 2.80. The van der Waals surface area contributed by atoms with Crippen molar-refractivity contribution in [3.05, 3.63) is 34.9 Å². The van der Waals surface area contributed by atoms with E-state index >= 15 is 0 Å². The molecule has 0 N–H and O–H groups in total. The van der Waals surface area contributed by atoms with E-state index < -0.39 is 19.3 Å². The summed E-state index contributed by atoms with van der Waals surface area (Å²) in [6, 6.07) is 6.02. The van der Waals surface area contributed by atoms with Gasteiger partial charge in [0.25, 0.3) is 0 Å². The summed E-state index contributed by atoms with van der Waals surface area (Å²) < 4.78 is 24.7. The predicted octanol–water partition coefficient (Wildman–Crippen LogP) is 3.40. The maximum atomic E-state index is 12.3. The molecule has 0 aromatic heterocycles. The molecule has 1 aromatic rings. The van der Waals surface area contributed by atoms with Crippen molar-refractivity contribution in [1.29, 1.82) is 0 Å². The molecule has 1 aromatic carbocycles. The fourth-order valence-corrected chi connectivity index (χ4v) is 1.48. The molecule has 0 saturated heterocycles. The zero-order valence-corrected chi connectivity index (χ0v) is 8.69. The van der Waals surface area contributed by atoms with Crippen molar-refractivity contribution in [3.8, 4) is 0 Å². The van der Waals surface area contributed by atoms with Crippen molar-refractivity contribution in [2.75, 3.05) is 13.3 Å². The van der Waals surface area contributed by atoms with Gasteiger partial charge in [0.05, 0.1) is 13.3 Å². The van der Waals surface area contributed by atoms with Crippen LogP contribution in [0.1, 0.15) is 16.7 Å². The highest BCUT2D eigenvalue weighted by Crippen LogP contribution is 2.16. The van der Waals surface area contributed by atoms with Gasteiger partial charge >= 0.3 is 0 Å². The minimum Gasteiger partial charge on any atom is -0.251 e. The predicted molar refractivity (Wildman–Crippen MR) is 55.1 cm³/mol. The maximum Gasteiger partial charge on any atom is 0.0950 e. The first-order chi connectivity index (χ1) is 6.67. The first-order valence-corrected chi connectivity index (χ1v) is 4.85. The second kappa shape index (κ2) is 5.08. The lowest BCUT2D eigenvalue weighted by molar-refractivity contribution is 0.287. The smallest absolute Gasteiger partial charge is 0.0950 e. The summed E-state index contributed by atoms with van der Waals surface area (Å²) in [5.41, 5.74) is 3.31. The normalized spacial score (nSPS) is 10.9. The summed E-state index contributed by atoms with van der Waals surface area (Å²) in [7, 11) is 0. The van der Waals surface area contributed by atoms with E-state index in [9.17, 15) is 8.78 Å². The Hall–Kier alpha value is -0.920. The highest BCUT2D eigenvalue weighted by atomic mass is 19.1. The minimum absolute atomic E-state index is 0.476. The van der Waals surface area contributed by atoms with Gasteiger partial charge < -0.3 is 0 Å². The van der Waals surface area contributed by atoms with Crippen LogP contribution in [0.15, 0.2) is 18.2 Å².